The van der Waals surface area contributed by atoms with Crippen molar-refractivity contribution in [3.05, 3.63) is 72.0 Å². The summed E-state index contributed by atoms with van der Waals surface area (Å²) in [4.78, 5) is 11.5. The molecule has 24 heavy (non-hydrogen) atoms. The molecule has 0 fully saturated rings. The molecule has 1 amide bonds. The summed E-state index contributed by atoms with van der Waals surface area (Å²) in [6, 6.07) is 10.0. The third-order valence-corrected chi connectivity index (χ3v) is 3.44. The van der Waals surface area contributed by atoms with Gasteiger partial charge in [0.05, 0.1) is 11.7 Å². The molecule has 1 unspecified atom stereocenters. The highest BCUT2D eigenvalue weighted by Gasteiger charge is 2.31. The number of amides is 1. The van der Waals surface area contributed by atoms with Gasteiger partial charge < -0.3 is 5.73 Å². The number of nitrogens with two attached hydrogens (primary N) is 1. The zero-order valence-corrected chi connectivity index (χ0v) is 14.9. The standard InChI is InChI=1S/C18H21N3O.C2H6/c1-3-5-12-15(9-4-2)21-17(13-16(20-21)18(19)22)14-10-7-6-8-11-14;1-2/h3-12,17H,13H2,1-2H3,(H2,19,22);1-2H3/b5-3-,9-4-,15-12+;. The van der Waals surface area contributed by atoms with E-state index in [1.165, 1.54) is 0 Å². The van der Waals surface area contributed by atoms with Gasteiger partial charge in [-0.05, 0) is 31.6 Å². The van der Waals surface area contributed by atoms with Gasteiger partial charge in [0, 0.05) is 6.42 Å². The third kappa shape index (κ3) is 4.95. The fourth-order valence-corrected chi connectivity index (χ4v) is 2.41. The van der Waals surface area contributed by atoms with Crippen LogP contribution in [0.2, 0.25) is 0 Å². The molecule has 0 radical (unpaired) electrons. The summed E-state index contributed by atoms with van der Waals surface area (Å²) >= 11 is 0. The molecule has 2 rings (SSSR count). The molecule has 0 saturated heterocycles. The predicted octanol–water partition coefficient (Wildman–Crippen LogP) is 4.34. The number of carbonyl (C=O) groups is 1. The number of benzene rings is 1. The van der Waals surface area contributed by atoms with E-state index in [-0.39, 0.29) is 6.04 Å². The van der Waals surface area contributed by atoms with Crippen LogP contribution in [0.3, 0.4) is 0 Å². The summed E-state index contributed by atoms with van der Waals surface area (Å²) in [6.45, 7) is 7.91. The van der Waals surface area contributed by atoms with Crippen LogP contribution < -0.4 is 5.73 Å². The Bertz CT molecular complexity index is 642. The minimum Gasteiger partial charge on any atom is -0.364 e. The van der Waals surface area contributed by atoms with Crippen LogP contribution in [0.15, 0.2) is 71.5 Å². The van der Waals surface area contributed by atoms with E-state index >= 15 is 0 Å². The van der Waals surface area contributed by atoms with Crippen LogP contribution in [-0.4, -0.2) is 16.6 Å². The normalized spacial score (nSPS) is 17.8. The van der Waals surface area contributed by atoms with Crippen LogP contribution >= 0.6 is 0 Å². The van der Waals surface area contributed by atoms with Crippen molar-refractivity contribution >= 4 is 11.6 Å². The number of hydrogen-bond acceptors (Lipinski definition) is 3. The Hall–Kier alpha value is -2.62. The molecule has 1 atom stereocenters. The molecule has 0 bridgehead atoms. The van der Waals surface area contributed by atoms with Gasteiger partial charge in [-0.15, -0.1) is 0 Å². The highest BCUT2D eigenvalue weighted by Crippen LogP contribution is 2.34. The molecule has 0 spiro atoms. The Balaban J connectivity index is 0.00000139. The number of nitrogens with zero attached hydrogens (tertiary/aromatic N) is 2. The van der Waals surface area contributed by atoms with E-state index in [4.69, 9.17) is 5.73 Å². The lowest BCUT2D eigenvalue weighted by Crippen LogP contribution is -2.21. The van der Waals surface area contributed by atoms with Gasteiger partial charge in [-0.1, -0.05) is 62.4 Å². The summed E-state index contributed by atoms with van der Waals surface area (Å²) in [5, 5.41) is 6.31. The first-order valence-electron chi connectivity index (χ1n) is 8.34. The topological polar surface area (TPSA) is 58.7 Å². The second kappa shape index (κ2) is 10.2. The van der Waals surface area contributed by atoms with Crippen molar-refractivity contribution in [3.63, 3.8) is 0 Å². The second-order valence-corrected chi connectivity index (χ2v) is 5.00. The average Bonchev–Trinajstić information content (AvgIpc) is 3.06. The molecule has 1 aromatic carbocycles. The van der Waals surface area contributed by atoms with Gasteiger partial charge in [0.1, 0.15) is 5.71 Å². The van der Waals surface area contributed by atoms with Crippen molar-refractivity contribution in [2.75, 3.05) is 0 Å². The van der Waals surface area contributed by atoms with Gasteiger partial charge in [-0.25, -0.2) is 0 Å². The highest BCUT2D eigenvalue weighted by molar-refractivity contribution is 6.38. The summed E-state index contributed by atoms with van der Waals surface area (Å²) in [5.41, 5.74) is 7.87. The van der Waals surface area contributed by atoms with Crippen molar-refractivity contribution < 1.29 is 4.79 Å². The first-order valence-corrected chi connectivity index (χ1v) is 8.34. The molecular weight excluding hydrogens is 298 g/mol. The minimum absolute atomic E-state index is 0.0172. The summed E-state index contributed by atoms with van der Waals surface area (Å²) in [5.74, 6) is -0.464. The van der Waals surface area contributed by atoms with E-state index in [0.29, 0.717) is 12.1 Å². The predicted molar refractivity (Wildman–Crippen MR) is 101 cm³/mol. The van der Waals surface area contributed by atoms with Gasteiger partial charge in [0.25, 0.3) is 5.91 Å². The van der Waals surface area contributed by atoms with Gasteiger partial charge in [0.2, 0.25) is 0 Å². The van der Waals surface area contributed by atoms with Crippen molar-refractivity contribution in [1.29, 1.82) is 0 Å². The average molecular weight is 325 g/mol. The number of primary amides is 1. The highest BCUT2D eigenvalue weighted by atomic mass is 16.1. The zero-order valence-electron chi connectivity index (χ0n) is 14.9. The van der Waals surface area contributed by atoms with Crippen molar-refractivity contribution in [3.8, 4) is 0 Å². The summed E-state index contributed by atoms with van der Waals surface area (Å²) < 4.78 is 0. The van der Waals surface area contributed by atoms with Crippen LogP contribution in [0.1, 0.15) is 45.7 Å². The van der Waals surface area contributed by atoms with Crippen molar-refractivity contribution in [1.82, 2.24) is 5.01 Å². The van der Waals surface area contributed by atoms with E-state index in [2.05, 4.69) is 5.10 Å². The molecule has 1 aromatic rings. The molecule has 4 heteroatoms. The third-order valence-electron chi connectivity index (χ3n) is 3.44. The SMILES string of the molecule is CC.C\C=C/C=C(\C=C/C)N1N=C(C(N)=O)CC1c1ccccc1. The Kier molecular flexibility index (Phi) is 8.26. The van der Waals surface area contributed by atoms with Crippen molar-refractivity contribution in [2.45, 2.75) is 40.2 Å². The van der Waals surface area contributed by atoms with Crippen LogP contribution in [0.25, 0.3) is 0 Å². The van der Waals surface area contributed by atoms with E-state index in [1.54, 1.807) is 0 Å². The lowest BCUT2D eigenvalue weighted by Gasteiger charge is -2.24. The monoisotopic (exact) mass is 325 g/mol. The van der Waals surface area contributed by atoms with Gasteiger partial charge >= 0.3 is 0 Å². The largest absolute Gasteiger partial charge is 0.364 e. The number of hydrazone groups is 1. The Labute approximate surface area is 145 Å². The smallest absolute Gasteiger partial charge is 0.265 e. The summed E-state index contributed by atoms with van der Waals surface area (Å²) in [6.07, 6.45) is 10.3. The van der Waals surface area contributed by atoms with E-state index in [9.17, 15) is 4.79 Å². The fourth-order valence-electron chi connectivity index (χ4n) is 2.41. The molecule has 4 nitrogen and oxygen atoms in total. The molecule has 0 aliphatic carbocycles. The van der Waals surface area contributed by atoms with Crippen LogP contribution in [0.5, 0.6) is 0 Å². The van der Waals surface area contributed by atoms with E-state index in [0.717, 1.165) is 11.3 Å². The molecule has 0 aromatic heterocycles. The lowest BCUT2D eigenvalue weighted by molar-refractivity contribution is -0.112. The molecule has 1 aliphatic heterocycles. The Morgan fingerprint density at radius 1 is 1.21 bits per heavy atom. The zero-order chi connectivity index (χ0) is 17.9. The maximum Gasteiger partial charge on any atom is 0.265 e. The number of hydrogen-bond donors (Lipinski definition) is 1. The maximum atomic E-state index is 11.5. The number of carbonyl (C=O) groups excluding carboxylic acids is 1. The minimum atomic E-state index is -0.464. The van der Waals surface area contributed by atoms with E-state index < -0.39 is 5.91 Å². The quantitative estimate of drug-likeness (QED) is 0.819. The fraction of sp³-hybridized carbons (Fsp3) is 0.300. The molecule has 2 N–H and O–H groups in total. The molecule has 1 aliphatic rings. The lowest BCUT2D eigenvalue weighted by atomic mass is 10.0. The van der Waals surface area contributed by atoms with E-state index in [1.807, 2.05) is 93.4 Å². The molecule has 128 valence electrons. The van der Waals surface area contributed by atoms with Gasteiger partial charge in [0.15, 0.2) is 0 Å². The second-order valence-electron chi connectivity index (χ2n) is 5.00. The van der Waals surface area contributed by atoms with Crippen molar-refractivity contribution in [2.24, 2.45) is 10.8 Å². The summed E-state index contributed by atoms with van der Waals surface area (Å²) in [7, 11) is 0. The number of rotatable bonds is 5. The Morgan fingerprint density at radius 2 is 1.88 bits per heavy atom. The first kappa shape index (κ1) is 19.4. The van der Waals surface area contributed by atoms with Crippen LogP contribution in [-0.2, 0) is 4.79 Å². The Morgan fingerprint density at radius 3 is 2.42 bits per heavy atom. The molecule has 1 heterocycles. The van der Waals surface area contributed by atoms with Crippen LogP contribution in [0, 0.1) is 0 Å². The van der Waals surface area contributed by atoms with Gasteiger partial charge in [-0.3, -0.25) is 9.80 Å². The molecule has 0 saturated carbocycles. The first-order chi connectivity index (χ1) is 11.7. The molecular formula is C20H27N3O. The van der Waals surface area contributed by atoms with Gasteiger partial charge in [-0.2, -0.15) is 5.10 Å². The van der Waals surface area contributed by atoms with Crippen LogP contribution in [0.4, 0.5) is 0 Å². The maximum absolute atomic E-state index is 11.5. The number of allylic oxidation sites excluding steroid dienone is 5.